The third kappa shape index (κ3) is 4.14. The molecular formula is C21H19BrN2O4. The van der Waals surface area contributed by atoms with Gasteiger partial charge in [0.05, 0.1) is 12.3 Å². The molecule has 0 radical (unpaired) electrons. The number of carbonyl (C=O) groups excluding carboxylic acids is 3. The summed E-state index contributed by atoms with van der Waals surface area (Å²) in [4.78, 5) is 38.4. The van der Waals surface area contributed by atoms with E-state index in [1.165, 1.54) is 6.08 Å². The summed E-state index contributed by atoms with van der Waals surface area (Å²) in [5.41, 5.74) is 1.80. The third-order valence-corrected chi connectivity index (χ3v) is 5.06. The minimum Gasteiger partial charge on any atom is -0.494 e. The number of ether oxygens (including phenoxy) is 1. The number of rotatable bonds is 5. The molecule has 2 aromatic rings. The van der Waals surface area contributed by atoms with Crippen LogP contribution in [-0.2, 0) is 9.59 Å². The number of carbonyl (C=O) groups is 3. The predicted molar refractivity (Wildman–Crippen MR) is 110 cm³/mol. The van der Waals surface area contributed by atoms with Gasteiger partial charge >= 0.3 is 6.03 Å². The molecule has 0 unspecified atom stereocenters. The van der Waals surface area contributed by atoms with Crippen LogP contribution in [0.2, 0.25) is 0 Å². The molecule has 1 heterocycles. The molecule has 6 nitrogen and oxygen atoms in total. The summed E-state index contributed by atoms with van der Waals surface area (Å²) in [5, 5.41) is 2.22. The van der Waals surface area contributed by atoms with Gasteiger partial charge in [-0.1, -0.05) is 35.0 Å². The van der Waals surface area contributed by atoms with Gasteiger partial charge in [0.25, 0.3) is 11.8 Å². The highest BCUT2D eigenvalue weighted by molar-refractivity contribution is 9.10. The van der Waals surface area contributed by atoms with Gasteiger partial charge in [-0.25, -0.2) is 9.69 Å². The van der Waals surface area contributed by atoms with Gasteiger partial charge in [-0.05, 0) is 60.9 Å². The van der Waals surface area contributed by atoms with Crippen molar-refractivity contribution in [1.82, 2.24) is 5.32 Å². The minimum absolute atomic E-state index is 0.109. The average molecular weight is 443 g/mol. The maximum Gasteiger partial charge on any atom is 0.335 e. The van der Waals surface area contributed by atoms with E-state index < -0.39 is 17.8 Å². The van der Waals surface area contributed by atoms with Crippen molar-refractivity contribution in [2.24, 2.45) is 0 Å². The van der Waals surface area contributed by atoms with E-state index in [0.717, 1.165) is 21.4 Å². The Morgan fingerprint density at radius 1 is 1.11 bits per heavy atom. The molecule has 144 valence electrons. The second kappa shape index (κ2) is 8.39. The van der Waals surface area contributed by atoms with Crippen LogP contribution >= 0.6 is 15.9 Å². The second-order valence-corrected chi connectivity index (χ2v) is 7.16. The predicted octanol–water partition coefficient (Wildman–Crippen LogP) is 4.21. The molecule has 0 bridgehead atoms. The number of imide groups is 2. The van der Waals surface area contributed by atoms with Gasteiger partial charge in [-0.15, -0.1) is 0 Å². The maximum atomic E-state index is 12.9. The van der Waals surface area contributed by atoms with E-state index in [-0.39, 0.29) is 5.57 Å². The van der Waals surface area contributed by atoms with Crippen LogP contribution in [0.15, 0.2) is 52.5 Å². The average Bonchev–Trinajstić information content (AvgIpc) is 2.67. The molecule has 0 atom stereocenters. The number of urea groups is 1. The van der Waals surface area contributed by atoms with E-state index in [4.69, 9.17) is 4.74 Å². The Kier molecular flexibility index (Phi) is 5.94. The Hall–Kier alpha value is -2.93. The molecule has 4 amide bonds. The molecule has 1 fully saturated rings. The SMILES string of the molecule is CCCOc1ccc(/C=C2/C(=O)NC(=O)N(c3ccc(Br)c(C)c3)C2=O)cc1. The first-order chi connectivity index (χ1) is 13.4. The maximum absolute atomic E-state index is 12.9. The van der Waals surface area contributed by atoms with Crippen LogP contribution in [0, 0.1) is 6.92 Å². The molecule has 1 aliphatic rings. The first-order valence-electron chi connectivity index (χ1n) is 8.81. The Morgan fingerprint density at radius 2 is 1.82 bits per heavy atom. The monoisotopic (exact) mass is 442 g/mol. The van der Waals surface area contributed by atoms with Gasteiger partial charge in [-0.2, -0.15) is 0 Å². The Bertz CT molecular complexity index is 967. The van der Waals surface area contributed by atoms with Crippen molar-refractivity contribution in [2.75, 3.05) is 11.5 Å². The smallest absolute Gasteiger partial charge is 0.335 e. The van der Waals surface area contributed by atoms with Crippen LogP contribution in [-0.4, -0.2) is 24.5 Å². The van der Waals surface area contributed by atoms with Gasteiger partial charge in [0.1, 0.15) is 11.3 Å². The molecule has 0 spiro atoms. The van der Waals surface area contributed by atoms with E-state index in [2.05, 4.69) is 21.2 Å². The molecule has 3 rings (SSSR count). The fourth-order valence-corrected chi connectivity index (χ4v) is 2.95. The van der Waals surface area contributed by atoms with Crippen LogP contribution in [0.1, 0.15) is 24.5 Å². The molecule has 0 saturated carbocycles. The van der Waals surface area contributed by atoms with E-state index in [1.54, 1.807) is 42.5 Å². The van der Waals surface area contributed by atoms with Crippen LogP contribution in [0.3, 0.4) is 0 Å². The summed E-state index contributed by atoms with van der Waals surface area (Å²) < 4.78 is 6.39. The molecule has 7 heteroatoms. The van der Waals surface area contributed by atoms with Crippen LogP contribution < -0.4 is 15.0 Å². The summed E-state index contributed by atoms with van der Waals surface area (Å²) in [7, 11) is 0. The van der Waals surface area contributed by atoms with Crippen molar-refractivity contribution in [1.29, 1.82) is 0 Å². The lowest BCUT2D eigenvalue weighted by atomic mass is 10.1. The second-order valence-electron chi connectivity index (χ2n) is 6.31. The van der Waals surface area contributed by atoms with Crippen molar-refractivity contribution in [3.63, 3.8) is 0 Å². The molecule has 0 aromatic heterocycles. The summed E-state index contributed by atoms with van der Waals surface area (Å²) in [6.07, 6.45) is 2.37. The first-order valence-corrected chi connectivity index (χ1v) is 9.60. The lowest BCUT2D eigenvalue weighted by Gasteiger charge is -2.26. The molecule has 1 aliphatic heterocycles. The molecule has 1 saturated heterocycles. The fourth-order valence-electron chi connectivity index (χ4n) is 2.71. The molecule has 28 heavy (non-hydrogen) atoms. The molecule has 1 N–H and O–H groups in total. The number of barbiturate groups is 1. The normalized spacial score (nSPS) is 15.8. The lowest BCUT2D eigenvalue weighted by Crippen LogP contribution is -2.54. The number of benzene rings is 2. The number of aryl methyl sites for hydroxylation is 1. The van der Waals surface area contributed by atoms with E-state index in [1.807, 2.05) is 13.8 Å². The van der Waals surface area contributed by atoms with Gasteiger partial charge < -0.3 is 4.74 Å². The van der Waals surface area contributed by atoms with Gasteiger partial charge in [0.15, 0.2) is 0 Å². The summed E-state index contributed by atoms with van der Waals surface area (Å²) >= 11 is 3.39. The van der Waals surface area contributed by atoms with Crippen molar-refractivity contribution in [3.05, 3.63) is 63.6 Å². The standard InChI is InChI=1S/C21H19BrN2O4/c1-3-10-28-16-7-4-14(5-8-16)12-17-19(25)23-21(27)24(20(17)26)15-6-9-18(22)13(2)11-15/h4-9,11-12H,3,10H2,1-2H3,(H,23,25,27)/b17-12-. The molecule has 0 aliphatic carbocycles. The topological polar surface area (TPSA) is 75.7 Å². The van der Waals surface area contributed by atoms with Crippen molar-refractivity contribution < 1.29 is 19.1 Å². The number of amides is 4. The van der Waals surface area contributed by atoms with E-state index >= 15 is 0 Å². The number of anilines is 1. The number of hydrogen-bond donors (Lipinski definition) is 1. The Labute approximate surface area is 171 Å². The minimum atomic E-state index is -0.766. The zero-order valence-corrected chi connectivity index (χ0v) is 17.1. The van der Waals surface area contributed by atoms with Crippen molar-refractivity contribution >= 4 is 45.5 Å². The summed E-state index contributed by atoms with van der Waals surface area (Å²) in [6.45, 7) is 4.49. The van der Waals surface area contributed by atoms with Gasteiger partial charge in [0, 0.05) is 4.47 Å². The van der Waals surface area contributed by atoms with Gasteiger partial charge in [-0.3, -0.25) is 14.9 Å². The van der Waals surface area contributed by atoms with E-state index in [9.17, 15) is 14.4 Å². The van der Waals surface area contributed by atoms with Gasteiger partial charge in [0.2, 0.25) is 0 Å². The third-order valence-electron chi connectivity index (χ3n) is 4.17. The number of halogens is 1. The Balaban J connectivity index is 1.91. The van der Waals surface area contributed by atoms with Crippen molar-refractivity contribution in [3.8, 4) is 5.75 Å². The number of hydrogen-bond acceptors (Lipinski definition) is 4. The Morgan fingerprint density at radius 3 is 2.46 bits per heavy atom. The van der Waals surface area contributed by atoms with Crippen LogP contribution in [0.5, 0.6) is 5.75 Å². The van der Waals surface area contributed by atoms with Crippen LogP contribution in [0.25, 0.3) is 6.08 Å². The fraction of sp³-hybridized carbons (Fsp3) is 0.190. The number of nitrogens with one attached hydrogen (secondary N) is 1. The summed E-state index contributed by atoms with van der Waals surface area (Å²) in [5.74, 6) is -0.668. The summed E-state index contributed by atoms with van der Waals surface area (Å²) in [6, 6.07) is 11.4. The first kappa shape index (κ1) is 19.8. The highest BCUT2D eigenvalue weighted by Gasteiger charge is 2.36. The largest absolute Gasteiger partial charge is 0.494 e. The van der Waals surface area contributed by atoms with Crippen LogP contribution in [0.4, 0.5) is 10.5 Å². The number of nitrogens with zero attached hydrogens (tertiary/aromatic N) is 1. The highest BCUT2D eigenvalue weighted by atomic mass is 79.9. The molecule has 2 aromatic carbocycles. The lowest BCUT2D eigenvalue weighted by molar-refractivity contribution is -0.122. The quantitative estimate of drug-likeness (QED) is 0.555. The van der Waals surface area contributed by atoms with E-state index in [0.29, 0.717) is 23.6 Å². The zero-order valence-electron chi connectivity index (χ0n) is 15.5. The molecular weight excluding hydrogens is 424 g/mol. The zero-order chi connectivity index (χ0) is 20.3. The van der Waals surface area contributed by atoms with Crippen molar-refractivity contribution in [2.45, 2.75) is 20.3 Å². The highest BCUT2D eigenvalue weighted by Crippen LogP contribution is 2.26.